The summed E-state index contributed by atoms with van der Waals surface area (Å²) >= 11 is 0. The predicted octanol–water partition coefficient (Wildman–Crippen LogP) is 4.88. The Morgan fingerprint density at radius 2 is 1.61 bits per heavy atom. The number of hydrogen-bond donors (Lipinski definition) is 1. The van der Waals surface area contributed by atoms with Gasteiger partial charge in [0.2, 0.25) is 0 Å². The number of carbonyl (C=O) groups is 1. The van der Waals surface area contributed by atoms with Crippen LogP contribution in [-0.4, -0.2) is 12.0 Å². The van der Waals surface area contributed by atoms with Gasteiger partial charge in [-0.3, -0.25) is 4.79 Å². The average molecular weight is 305 g/mol. The monoisotopic (exact) mass is 305 g/mol. The lowest BCUT2D eigenvalue weighted by molar-refractivity contribution is 0.102. The normalized spacial score (nSPS) is 10.7. The van der Waals surface area contributed by atoms with E-state index in [-0.39, 0.29) is 12.0 Å². The standard InChI is InChI=1S/C20H19NO2/c1-14(2)23-19-13-6-5-12-18(19)21-20(22)17-11-7-9-15-8-3-4-10-16(15)17/h3-14H,1-2H3,(H,21,22). The summed E-state index contributed by atoms with van der Waals surface area (Å²) in [4.78, 5) is 12.7. The Morgan fingerprint density at radius 1 is 0.913 bits per heavy atom. The van der Waals surface area contributed by atoms with Gasteiger partial charge in [0.05, 0.1) is 11.8 Å². The van der Waals surface area contributed by atoms with Crippen LogP contribution in [0.3, 0.4) is 0 Å². The molecule has 116 valence electrons. The third-order valence-electron chi connectivity index (χ3n) is 3.53. The van der Waals surface area contributed by atoms with E-state index in [4.69, 9.17) is 4.74 Å². The maximum Gasteiger partial charge on any atom is 0.256 e. The molecule has 0 unspecified atom stereocenters. The van der Waals surface area contributed by atoms with E-state index in [1.165, 1.54) is 0 Å². The van der Waals surface area contributed by atoms with Gasteiger partial charge in [-0.1, -0.05) is 48.5 Å². The molecule has 23 heavy (non-hydrogen) atoms. The van der Waals surface area contributed by atoms with Crippen molar-refractivity contribution >= 4 is 22.4 Å². The van der Waals surface area contributed by atoms with Gasteiger partial charge in [0.1, 0.15) is 5.75 Å². The van der Waals surface area contributed by atoms with Crippen molar-refractivity contribution in [3.05, 3.63) is 72.3 Å². The number of benzene rings is 3. The Hall–Kier alpha value is -2.81. The molecular weight excluding hydrogens is 286 g/mol. The lowest BCUT2D eigenvalue weighted by Gasteiger charge is -2.15. The molecule has 0 saturated heterocycles. The summed E-state index contributed by atoms with van der Waals surface area (Å²) in [5.74, 6) is 0.540. The van der Waals surface area contributed by atoms with E-state index in [1.54, 1.807) is 0 Å². The van der Waals surface area contributed by atoms with E-state index in [2.05, 4.69) is 5.32 Å². The van der Waals surface area contributed by atoms with E-state index in [1.807, 2.05) is 80.6 Å². The van der Waals surface area contributed by atoms with Gasteiger partial charge in [-0.05, 0) is 42.8 Å². The topological polar surface area (TPSA) is 38.3 Å². The zero-order chi connectivity index (χ0) is 16.2. The molecule has 3 rings (SSSR count). The lowest BCUT2D eigenvalue weighted by atomic mass is 10.0. The Balaban J connectivity index is 1.93. The molecule has 0 atom stereocenters. The van der Waals surface area contributed by atoms with Crippen LogP contribution in [-0.2, 0) is 0 Å². The number of fused-ring (bicyclic) bond motifs is 1. The number of amides is 1. The number of nitrogens with one attached hydrogen (secondary N) is 1. The van der Waals surface area contributed by atoms with Crippen LogP contribution in [0.25, 0.3) is 10.8 Å². The molecule has 0 spiro atoms. The largest absolute Gasteiger partial charge is 0.489 e. The van der Waals surface area contributed by atoms with Crippen LogP contribution < -0.4 is 10.1 Å². The maximum absolute atomic E-state index is 12.7. The van der Waals surface area contributed by atoms with E-state index < -0.39 is 0 Å². The molecule has 1 N–H and O–H groups in total. The molecule has 3 heteroatoms. The van der Waals surface area contributed by atoms with E-state index in [0.29, 0.717) is 17.0 Å². The van der Waals surface area contributed by atoms with Crippen LogP contribution in [0.5, 0.6) is 5.75 Å². The Morgan fingerprint density at radius 3 is 2.43 bits per heavy atom. The summed E-state index contributed by atoms with van der Waals surface area (Å²) in [6.45, 7) is 3.92. The number of ether oxygens (including phenoxy) is 1. The Kier molecular flexibility index (Phi) is 4.29. The molecule has 0 heterocycles. The van der Waals surface area contributed by atoms with Gasteiger partial charge in [0.15, 0.2) is 0 Å². The first kappa shape index (κ1) is 15.1. The van der Waals surface area contributed by atoms with Crippen LogP contribution in [0.15, 0.2) is 66.7 Å². The van der Waals surface area contributed by atoms with Crippen molar-refractivity contribution in [2.24, 2.45) is 0 Å². The predicted molar refractivity (Wildman–Crippen MR) is 94.1 cm³/mol. The van der Waals surface area contributed by atoms with Crippen molar-refractivity contribution in [2.45, 2.75) is 20.0 Å². The number of para-hydroxylation sites is 2. The Labute approximate surface area is 135 Å². The van der Waals surface area contributed by atoms with Gasteiger partial charge in [0, 0.05) is 5.56 Å². The highest BCUT2D eigenvalue weighted by molar-refractivity contribution is 6.13. The molecule has 0 aromatic heterocycles. The first-order chi connectivity index (χ1) is 11.1. The molecule has 3 aromatic rings. The third kappa shape index (κ3) is 3.34. The minimum absolute atomic E-state index is 0.0469. The molecule has 0 bridgehead atoms. The fourth-order valence-corrected chi connectivity index (χ4v) is 2.54. The molecule has 0 aliphatic heterocycles. The van der Waals surface area contributed by atoms with Crippen molar-refractivity contribution in [3.63, 3.8) is 0 Å². The number of hydrogen-bond acceptors (Lipinski definition) is 2. The molecule has 3 aromatic carbocycles. The van der Waals surface area contributed by atoms with Gasteiger partial charge >= 0.3 is 0 Å². The molecular formula is C20H19NO2. The molecule has 0 aliphatic rings. The van der Waals surface area contributed by atoms with E-state index in [9.17, 15) is 4.79 Å². The van der Waals surface area contributed by atoms with Crippen molar-refractivity contribution in [3.8, 4) is 5.75 Å². The Bertz CT molecular complexity index is 834. The molecule has 0 saturated carbocycles. The van der Waals surface area contributed by atoms with Crippen molar-refractivity contribution < 1.29 is 9.53 Å². The van der Waals surface area contributed by atoms with Gasteiger partial charge in [-0.25, -0.2) is 0 Å². The highest BCUT2D eigenvalue weighted by atomic mass is 16.5. The van der Waals surface area contributed by atoms with Crippen LogP contribution in [0, 0.1) is 0 Å². The summed E-state index contributed by atoms with van der Waals surface area (Å²) < 4.78 is 5.75. The van der Waals surface area contributed by atoms with Gasteiger partial charge < -0.3 is 10.1 Å². The smallest absolute Gasteiger partial charge is 0.256 e. The minimum atomic E-state index is -0.137. The second kappa shape index (κ2) is 6.53. The number of carbonyl (C=O) groups excluding carboxylic acids is 1. The molecule has 3 nitrogen and oxygen atoms in total. The molecule has 1 amide bonds. The van der Waals surface area contributed by atoms with Crippen molar-refractivity contribution in [1.29, 1.82) is 0 Å². The summed E-state index contributed by atoms with van der Waals surface area (Å²) in [6, 6.07) is 21.1. The summed E-state index contributed by atoms with van der Waals surface area (Å²) in [5, 5.41) is 4.95. The third-order valence-corrected chi connectivity index (χ3v) is 3.53. The molecule has 0 aliphatic carbocycles. The number of anilines is 1. The van der Waals surface area contributed by atoms with Gasteiger partial charge in [-0.2, -0.15) is 0 Å². The second-order valence-corrected chi connectivity index (χ2v) is 5.64. The average Bonchev–Trinajstić information content (AvgIpc) is 2.55. The number of rotatable bonds is 4. The van der Waals surface area contributed by atoms with Gasteiger partial charge in [-0.15, -0.1) is 0 Å². The quantitative estimate of drug-likeness (QED) is 0.746. The molecule has 0 fully saturated rings. The minimum Gasteiger partial charge on any atom is -0.489 e. The van der Waals surface area contributed by atoms with Crippen LogP contribution in [0.1, 0.15) is 24.2 Å². The zero-order valence-corrected chi connectivity index (χ0v) is 13.2. The maximum atomic E-state index is 12.7. The summed E-state index contributed by atoms with van der Waals surface area (Å²) in [6.07, 6.45) is 0.0469. The fourth-order valence-electron chi connectivity index (χ4n) is 2.54. The van der Waals surface area contributed by atoms with Crippen LogP contribution in [0.2, 0.25) is 0 Å². The van der Waals surface area contributed by atoms with Gasteiger partial charge in [0.25, 0.3) is 5.91 Å². The summed E-state index contributed by atoms with van der Waals surface area (Å²) in [7, 11) is 0. The molecule has 0 radical (unpaired) electrons. The van der Waals surface area contributed by atoms with Crippen LogP contribution >= 0.6 is 0 Å². The van der Waals surface area contributed by atoms with E-state index >= 15 is 0 Å². The van der Waals surface area contributed by atoms with Crippen molar-refractivity contribution in [1.82, 2.24) is 0 Å². The first-order valence-electron chi connectivity index (χ1n) is 7.70. The first-order valence-corrected chi connectivity index (χ1v) is 7.70. The summed E-state index contributed by atoms with van der Waals surface area (Å²) in [5.41, 5.74) is 1.33. The van der Waals surface area contributed by atoms with Crippen LogP contribution in [0.4, 0.5) is 5.69 Å². The lowest BCUT2D eigenvalue weighted by Crippen LogP contribution is -2.14. The zero-order valence-electron chi connectivity index (χ0n) is 13.2. The SMILES string of the molecule is CC(C)Oc1ccccc1NC(=O)c1cccc2ccccc12. The van der Waals surface area contributed by atoms with E-state index in [0.717, 1.165) is 10.8 Å². The highest BCUT2D eigenvalue weighted by Crippen LogP contribution is 2.26. The second-order valence-electron chi connectivity index (χ2n) is 5.64. The van der Waals surface area contributed by atoms with Crippen molar-refractivity contribution in [2.75, 3.05) is 5.32 Å². The highest BCUT2D eigenvalue weighted by Gasteiger charge is 2.12. The fraction of sp³-hybridized carbons (Fsp3) is 0.150.